The van der Waals surface area contributed by atoms with E-state index < -0.39 is 0 Å². The van der Waals surface area contributed by atoms with Crippen LogP contribution in [-0.2, 0) is 16.6 Å². The average molecular weight is 386 g/mol. The first kappa shape index (κ1) is 20.3. The molecule has 148 valence electrons. The third kappa shape index (κ3) is 5.55. The van der Waals surface area contributed by atoms with E-state index >= 15 is 0 Å². The fourth-order valence-corrected chi connectivity index (χ4v) is 3.00. The summed E-state index contributed by atoms with van der Waals surface area (Å²) < 4.78 is 0. The molecule has 29 heavy (non-hydrogen) atoms. The van der Waals surface area contributed by atoms with Crippen molar-refractivity contribution in [2.75, 3.05) is 0 Å². The lowest BCUT2D eigenvalue weighted by Crippen LogP contribution is -2.42. The summed E-state index contributed by atoms with van der Waals surface area (Å²) >= 11 is 0. The van der Waals surface area contributed by atoms with Crippen LogP contribution in [-0.4, -0.2) is 11.8 Å². The molecule has 0 atom stereocenters. The summed E-state index contributed by atoms with van der Waals surface area (Å²) in [5.41, 5.74) is 9.75. The van der Waals surface area contributed by atoms with E-state index in [4.69, 9.17) is 0 Å². The molecule has 3 aromatic rings. The second-order valence-electron chi connectivity index (χ2n) is 8.07. The van der Waals surface area contributed by atoms with E-state index in [0.29, 0.717) is 5.56 Å². The Bertz CT molecular complexity index is 970. The summed E-state index contributed by atoms with van der Waals surface area (Å²) in [6.07, 6.45) is 0.193. The number of hydrogen-bond acceptors (Lipinski definition) is 2. The predicted molar refractivity (Wildman–Crippen MR) is 116 cm³/mol. The van der Waals surface area contributed by atoms with Crippen molar-refractivity contribution in [2.45, 2.75) is 32.6 Å². The van der Waals surface area contributed by atoms with E-state index in [9.17, 15) is 9.59 Å². The smallest absolute Gasteiger partial charge is 0.269 e. The summed E-state index contributed by atoms with van der Waals surface area (Å²) in [5, 5.41) is 0. The Morgan fingerprint density at radius 3 is 1.90 bits per heavy atom. The lowest BCUT2D eigenvalue weighted by molar-refractivity contribution is -0.121. The van der Waals surface area contributed by atoms with E-state index in [1.165, 1.54) is 0 Å². The second-order valence-corrected chi connectivity index (χ2v) is 8.07. The molecule has 3 rings (SSSR count). The molecule has 0 aromatic heterocycles. The van der Waals surface area contributed by atoms with Gasteiger partial charge in [0, 0.05) is 5.56 Å². The molecule has 0 aliphatic carbocycles. The molecule has 0 heterocycles. The van der Waals surface area contributed by atoms with Crippen molar-refractivity contribution in [3.63, 3.8) is 0 Å². The number of amides is 2. The second kappa shape index (κ2) is 8.74. The van der Waals surface area contributed by atoms with Gasteiger partial charge in [-0.2, -0.15) is 0 Å². The first-order valence-electron chi connectivity index (χ1n) is 9.67. The largest absolute Gasteiger partial charge is 0.273 e. The SMILES string of the molecule is CC(C)(C)c1ccc(C(=O)NNC(=O)Cc2ccc(-c3ccccc3)cc2)cc1. The first-order chi connectivity index (χ1) is 13.8. The van der Waals surface area contributed by atoms with Crippen LogP contribution in [0.4, 0.5) is 0 Å². The van der Waals surface area contributed by atoms with Crippen molar-refractivity contribution in [3.8, 4) is 11.1 Å². The fraction of sp³-hybridized carbons (Fsp3) is 0.200. The maximum Gasteiger partial charge on any atom is 0.269 e. The van der Waals surface area contributed by atoms with Gasteiger partial charge < -0.3 is 0 Å². The molecule has 2 N–H and O–H groups in total. The van der Waals surface area contributed by atoms with Gasteiger partial charge in [0.2, 0.25) is 5.91 Å². The van der Waals surface area contributed by atoms with Gasteiger partial charge in [-0.25, -0.2) is 0 Å². The van der Waals surface area contributed by atoms with Crippen molar-refractivity contribution in [2.24, 2.45) is 0 Å². The van der Waals surface area contributed by atoms with E-state index in [2.05, 4.69) is 31.6 Å². The molecule has 0 aliphatic heterocycles. The molecule has 0 unspecified atom stereocenters. The Kier molecular flexibility index (Phi) is 6.13. The lowest BCUT2D eigenvalue weighted by atomic mass is 9.87. The standard InChI is InChI=1S/C25H26N2O2/c1-25(2,3)22-15-13-21(14-16-22)24(29)27-26-23(28)17-18-9-11-20(12-10-18)19-7-5-4-6-8-19/h4-16H,17H2,1-3H3,(H,26,28)(H,27,29). The van der Waals surface area contributed by atoms with Crippen LogP contribution < -0.4 is 10.9 Å². The number of nitrogens with one attached hydrogen (secondary N) is 2. The number of hydrogen-bond donors (Lipinski definition) is 2. The maximum atomic E-state index is 12.2. The topological polar surface area (TPSA) is 58.2 Å². The van der Waals surface area contributed by atoms with Crippen LogP contribution in [0.1, 0.15) is 42.3 Å². The highest BCUT2D eigenvalue weighted by molar-refractivity contribution is 5.95. The van der Waals surface area contributed by atoms with Crippen molar-refractivity contribution >= 4 is 11.8 Å². The third-order valence-corrected chi connectivity index (χ3v) is 4.75. The molecule has 2 amide bonds. The Balaban J connectivity index is 1.52. The zero-order valence-electron chi connectivity index (χ0n) is 17.0. The van der Waals surface area contributed by atoms with Crippen LogP contribution in [0.25, 0.3) is 11.1 Å². The number of carbonyl (C=O) groups excluding carboxylic acids is 2. The molecule has 4 heteroatoms. The van der Waals surface area contributed by atoms with Gasteiger partial charge in [0.15, 0.2) is 0 Å². The third-order valence-electron chi connectivity index (χ3n) is 4.75. The van der Waals surface area contributed by atoms with Crippen LogP contribution in [0.3, 0.4) is 0 Å². The number of benzene rings is 3. The first-order valence-corrected chi connectivity index (χ1v) is 9.67. The summed E-state index contributed by atoms with van der Waals surface area (Å²) in [7, 11) is 0. The molecule has 0 fully saturated rings. The van der Waals surface area contributed by atoms with Crippen molar-refractivity contribution in [1.82, 2.24) is 10.9 Å². The Morgan fingerprint density at radius 2 is 1.31 bits per heavy atom. The molecule has 4 nitrogen and oxygen atoms in total. The normalized spacial score (nSPS) is 11.0. The molecule has 3 aromatic carbocycles. The molecule has 0 aliphatic rings. The van der Waals surface area contributed by atoms with Gasteiger partial charge in [0.1, 0.15) is 0 Å². The minimum absolute atomic E-state index is 0.0271. The van der Waals surface area contributed by atoms with E-state index in [-0.39, 0.29) is 23.7 Å². The van der Waals surface area contributed by atoms with Crippen molar-refractivity contribution in [3.05, 3.63) is 95.6 Å². The van der Waals surface area contributed by atoms with Crippen molar-refractivity contribution in [1.29, 1.82) is 0 Å². The van der Waals surface area contributed by atoms with Crippen molar-refractivity contribution < 1.29 is 9.59 Å². The van der Waals surface area contributed by atoms with Gasteiger partial charge in [-0.1, -0.05) is 87.5 Å². The number of hydrazine groups is 1. The Labute approximate surface area is 171 Å². The van der Waals surface area contributed by atoms with E-state index in [1.807, 2.05) is 66.7 Å². The summed E-state index contributed by atoms with van der Waals surface area (Å²) in [6, 6.07) is 25.3. The predicted octanol–water partition coefficient (Wildman–Crippen LogP) is 4.65. The molecule has 0 saturated heterocycles. The van der Waals surface area contributed by atoms with Gasteiger partial charge in [-0.3, -0.25) is 20.4 Å². The zero-order chi connectivity index (χ0) is 20.9. The number of rotatable bonds is 4. The molecule has 0 radical (unpaired) electrons. The van der Waals surface area contributed by atoms with Crippen LogP contribution in [0, 0.1) is 0 Å². The van der Waals surface area contributed by atoms with Crippen LogP contribution in [0.2, 0.25) is 0 Å². The van der Waals surface area contributed by atoms with E-state index in [1.54, 1.807) is 12.1 Å². The molecule has 0 spiro atoms. The highest BCUT2D eigenvalue weighted by Crippen LogP contribution is 2.22. The monoisotopic (exact) mass is 386 g/mol. The van der Waals surface area contributed by atoms with Crippen LogP contribution in [0.15, 0.2) is 78.9 Å². The zero-order valence-corrected chi connectivity index (χ0v) is 17.0. The van der Waals surface area contributed by atoms with E-state index in [0.717, 1.165) is 22.3 Å². The van der Waals surface area contributed by atoms with Gasteiger partial charge in [-0.15, -0.1) is 0 Å². The van der Waals surface area contributed by atoms with Gasteiger partial charge in [-0.05, 0) is 39.8 Å². The molecular weight excluding hydrogens is 360 g/mol. The van der Waals surface area contributed by atoms with Gasteiger partial charge >= 0.3 is 0 Å². The highest BCUT2D eigenvalue weighted by Gasteiger charge is 2.14. The fourth-order valence-electron chi connectivity index (χ4n) is 3.00. The molecular formula is C25H26N2O2. The molecule has 0 bridgehead atoms. The Morgan fingerprint density at radius 1 is 0.724 bits per heavy atom. The Hall–Kier alpha value is -3.40. The average Bonchev–Trinajstić information content (AvgIpc) is 2.73. The van der Waals surface area contributed by atoms with Crippen LogP contribution in [0.5, 0.6) is 0 Å². The minimum atomic E-state index is -0.335. The maximum absolute atomic E-state index is 12.2. The summed E-state index contributed by atoms with van der Waals surface area (Å²) in [6.45, 7) is 6.36. The summed E-state index contributed by atoms with van der Waals surface area (Å²) in [5.74, 6) is -0.602. The molecule has 0 saturated carbocycles. The quantitative estimate of drug-likeness (QED) is 0.641. The van der Waals surface area contributed by atoms with Crippen LogP contribution >= 0.6 is 0 Å². The number of carbonyl (C=O) groups is 2. The van der Waals surface area contributed by atoms with Gasteiger partial charge in [0.05, 0.1) is 6.42 Å². The van der Waals surface area contributed by atoms with Gasteiger partial charge in [0.25, 0.3) is 5.91 Å². The lowest BCUT2D eigenvalue weighted by Gasteiger charge is -2.19. The summed E-state index contributed by atoms with van der Waals surface area (Å²) in [4.78, 5) is 24.4. The highest BCUT2D eigenvalue weighted by atomic mass is 16.2. The minimum Gasteiger partial charge on any atom is -0.273 e.